The Morgan fingerprint density at radius 3 is 2.27 bits per heavy atom. The highest BCUT2D eigenvalue weighted by molar-refractivity contribution is 9.10. The molecule has 37 heavy (non-hydrogen) atoms. The van der Waals surface area contributed by atoms with Crippen molar-refractivity contribution in [1.29, 1.82) is 0 Å². The number of Topliss-reactive ketones (excluding diaryl/α,β-unsaturated/α-hetero) is 1. The zero-order chi connectivity index (χ0) is 25.9. The van der Waals surface area contributed by atoms with Gasteiger partial charge in [0.2, 0.25) is 0 Å². The molecule has 0 aromatic heterocycles. The number of likely N-dealkylation sites (N-methyl/N-ethyl adjacent to an activating group) is 2. The van der Waals surface area contributed by atoms with E-state index in [0.717, 1.165) is 36.9 Å². The summed E-state index contributed by atoms with van der Waals surface area (Å²) in [5.41, 5.74) is 2.30. The summed E-state index contributed by atoms with van der Waals surface area (Å²) in [7, 11) is 4.04. The molecular formula is C30H27Br2N3O2. The Morgan fingerprint density at radius 2 is 1.57 bits per heavy atom. The van der Waals surface area contributed by atoms with Gasteiger partial charge in [-0.05, 0) is 61.6 Å². The van der Waals surface area contributed by atoms with Gasteiger partial charge in [0.25, 0.3) is 5.91 Å². The molecule has 0 aliphatic carbocycles. The van der Waals surface area contributed by atoms with Crippen molar-refractivity contribution in [3.05, 3.63) is 104 Å². The van der Waals surface area contributed by atoms with Crippen LogP contribution in [0.15, 0.2) is 87.3 Å². The summed E-state index contributed by atoms with van der Waals surface area (Å²) in [5.74, 6) is -0.244. The zero-order valence-corrected chi connectivity index (χ0v) is 23.8. The number of fused-ring (bicyclic) bond motifs is 3. The number of carbonyl (C=O) groups is 2. The topological polar surface area (TPSA) is 52.7 Å². The first-order chi connectivity index (χ1) is 17.8. The molecule has 3 aliphatic heterocycles. The van der Waals surface area contributed by atoms with E-state index in [1.807, 2.05) is 80.8 Å². The lowest BCUT2D eigenvalue weighted by atomic mass is 9.56. The molecule has 1 N–H and O–H groups in total. The Hall–Kier alpha value is -2.58. The molecule has 2 spiro atoms. The quantitative estimate of drug-likeness (QED) is 0.375. The number of nitrogens with zero attached hydrogens (tertiary/aromatic N) is 2. The lowest BCUT2D eigenvalue weighted by molar-refractivity contribution is -0.146. The predicted octanol–water partition coefficient (Wildman–Crippen LogP) is 5.67. The van der Waals surface area contributed by atoms with Gasteiger partial charge in [0.05, 0.1) is 5.41 Å². The van der Waals surface area contributed by atoms with Crippen molar-refractivity contribution in [3.63, 3.8) is 0 Å². The maximum Gasteiger partial charge on any atom is 0.250 e. The molecule has 0 radical (unpaired) electrons. The minimum absolute atomic E-state index is 0.0534. The Labute approximate surface area is 233 Å². The number of hydrogen-bond acceptors (Lipinski definition) is 4. The summed E-state index contributed by atoms with van der Waals surface area (Å²) in [6, 6.07) is 24.0. The largest absolute Gasteiger partial charge is 0.324 e. The highest BCUT2D eigenvalue weighted by atomic mass is 79.9. The summed E-state index contributed by atoms with van der Waals surface area (Å²) in [4.78, 5) is 33.4. The molecular weight excluding hydrogens is 594 g/mol. The van der Waals surface area contributed by atoms with E-state index in [-0.39, 0.29) is 17.6 Å². The van der Waals surface area contributed by atoms with Crippen molar-refractivity contribution < 1.29 is 9.59 Å². The number of likely N-dealkylation sites (tertiary alicyclic amines) is 2. The van der Waals surface area contributed by atoms with Crippen LogP contribution in [0.1, 0.15) is 22.6 Å². The maximum atomic E-state index is 15.0. The van der Waals surface area contributed by atoms with E-state index < -0.39 is 11.0 Å². The predicted molar refractivity (Wildman–Crippen MR) is 153 cm³/mol. The van der Waals surface area contributed by atoms with E-state index in [2.05, 4.69) is 59.1 Å². The second-order valence-corrected chi connectivity index (χ2v) is 12.2. The van der Waals surface area contributed by atoms with E-state index in [1.165, 1.54) is 0 Å². The zero-order valence-electron chi connectivity index (χ0n) is 20.7. The number of rotatable bonds is 2. The summed E-state index contributed by atoms with van der Waals surface area (Å²) in [6.07, 6.45) is 2.00. The first-order valence-electron chi connectivity index (χ1n) is 12.3. The highest BCUT2D eigenvalue weighted by Crippen LogP contribution is 2.64. The van der Waals surface area contributed by atoms with Crippen LogP contribution in [0.4, 0.5) is 5.69 Å². The monoisotopic (exact) mass is 619 g/mol. The van der Waals surface area contributed by atoms with Crippen LogP contribution in [0.2, 0.25) is 0 Å². The second kappa shape index (κ2) is 9.02. The van der Waals surface area contributed by atoms with E-state index >= 15 is 0 Å². The molecule has 188 valence electrons. The number of halogens is 2. The van der Waals surface area contributed by atoms with Crippen molar-refractivity contribution in [2.45, 2.75) is 11.5 Å². The average molecular weight is 621 g/mol. The summed E-state index contributed by atoms with van der Waals surface area (Å²) in [6.45, 7) is 1.61. The molecule has 3 aromatic rings. The van der Waals surface area contributed by atoms with Crippen molar-refractivity contribution >= 4 is 55.3 Å². The van der Waals surface area contributed by atoms with Crippen LogP contribution in [0, 0.1) is 5.41 Å². The maximum absolute atomic E-state index is 15.0. The molecule has 6 rings (SSSR count). The van der Waals surface area contributed by atoms with Gasteiger partial charge in [-0.2, -0.15) is 0 Å². The molecule has 7 heteroatoms. The highest BCUT2D eigenvalue weighted by Gasteiger charge is 2.74. The normalized spacial score (nSPS) is 28.9. The first-order valence-corrected chi connectivity index (χ1v) is 13.9. The molecule has 3 aromatic carbocycles. The SMILES string of the molecule is CN1C/C(=C\c2ccc(Br)cc2)C(=O)[C@@]2(C1)[C@H](c1ccc(Br)cc1)CN(C)[C@]21C(=O)Nc2ccccc21. The van der Waals surface area contributed by atoms with Crippen LogP contribution < -0.4 is 5.32 Å². The molecule has 3 heterocycles. The fraction of sp³-hybridized carbons (Fsp3) is 0.267. The molecule has 3 aliphatic rings. The van der Waals surface area contributed by atoms with Crippen LogP contribution in [-0.2, 0) is 15.1 Å². The molecule has 5 nitrogen and oxygen atoms in total. The van der Waals surface area contributed by atoms with Crippen LogP contribution in [-0.4, -0.2) is 55.2 Å². The number of hydrogen-bond donors (Lipinski definition) is 1. The van der Waals surface area contributed by atoms with Gasteiger partial charge >= 0.3 is 0 Å². The smallest absolute Gasteiger partial charge is 0.250 e. The third-order valence-corrected chi connectivity index (χ3v) is 9.36. The second-order valence-electron chi connectivity index (χ2n) is 10.4. The number of carbonyl (C=O) groups excluding carboxylic acids is 2. The fourth-order valence-electron chi connectivity index (χ4n) is 6.93. The van der Waals surface area contributed by atoms with Gasteiger partial charge in [-0.15, -0.1) is 0 Å². The summed E-state index contributed by atoms with van der Waals surface area (Å²) in [5, 5.41) is 3.14. The molecule has 0 bridgehead atoms. The number of piperidine rings is 1. The minimum Gasteiger partial charge on any atom is -0.324 e. The van der Waals surface area contributed by atoms with Crippen LogP contribution in [0.5, 0.6) is 0 Å². The standard InChI is InChI=1S/C30H27Br2N3O2/c1-34-16-21(15-19-7-11-22(31)12-8-19)27(36)29(18-34)25(20-9-13-23(32)14-10-20)17-35(2)30(29)24-5-3-4-6-26(24)33-28(30)37/h3-15,25H,16-18H2,1-2H3,(H,33,37)/b21-15+/t25-,29+,30+/m0/s1. The van der Waals surface area contributed by atoms with Gasteiger partial charge in [0.15, 0.2) is 5.78 Å². The molecule has 3 atom stereocenters. The van der Waals surface area contributed by atoms with Gasteiger partial charge < -0.3 is 10.2 Å². The molecule has 0 unspecified atom stereocenters. The van der Waals surface area contributed by atoms with E-state index in [1.54, 1.807) is 0 Å². The Kier molecular flexibility index (Phi) is 6.03. The fourth-order valence-corrected chi connectivity index (χ4v) is 7.46. The average Bonchev–Trinajstić information content (AvgIpc) is 3.32. The number of para-hydroxylation sites is 1. The van der Waals surface area contributed by atoms with Crippen molar-refractivity contribution in [1.82, 2.24) is 9.80 Å². The van der Waals surface area contributed by atoms with Crippen molar-refractivity contribution in [2.24, 2.45) is 5.41 Å². The van der Waals surface area contributed by atoms with Gasteiger partial charge in [-0.3, -0.25) is 14.5 Å². The van der Waals surface area contributed by atoms with Gasteiger partial charge in [0.1, 0.15) is 5.54 Å². The van der Waals surface area contributed by atoms with E-state index in [0.29, 0.717) is 19.6 Å². The number of anilines is 1. The van der Waals surface area contributed by atoms with E-state index in [4.69, 9.17) is 0 Å². The third kappa shape index (κ3) is 3.55. The van der Waals surface area contributed by atoms with E-state index in [9.17, 15) is 9.59 Å². The molecule has 0 saturated carbocycles. The summed E-state index contributed by atoms with van der Waals surface area (Å²) < 4.78 is 1.97. The van der Waals surface area contributed by atoms with Gasteiger partial charge in [-0.1, -0.05) is 74.3 Å². The van der Waals surface area contributed by atoms with Crippen molar-refractivity contribution in [2.75, 3.05) is 39.0 Å². The minimum atomic E-state index is -1.12. The Bertz CT molecular complexity index is 1440. The van der Waals surface area contributed by atoms with Crippen LogP contribution in [0.3, 0.4) is 0 Å². The molecule has 1 amide bonds. The van der Waals surface area contributed by atoms with Crippen LogP contribution >= 0.6 is 31.9 Å². The lowest BCUT2D eigenvalue weighted by Crippen LogP contribution is -2.65. The number of ketones is 1. The Balaban J connectivity index is 1.62. The first kappa shape index (κ1) is 24.7. The molecule has 2 saturated heterocycles. The Morgan fingerprint density at radius 1 is 0.919 bits per heavy atom. The molecule has 2 fully saturated rings. The van der Waals surface area contributed by atoms with Gasteiger partial charge in [0, 0.05) is 51.3 Å². The third-order valence-electron chi connectivity index (χ3n) is 8.30. The number of nitrogens with one attached hydrogen (secondary N) is 1. The lowest BCUT2D eigenvalue weighted by Gasteiger charge is -2.50. The summed E-state index contributed by atoms with van der Waals surface area (Å²) >= 11 is 7.05. The van der Waals surface area contributed by atoms with Crippen LogP contribution in [0.25, 0.3) is 6.08 Å². The van der Waals surface area contributed by atoms with Crippen molar-refractivity contribution in [3.8, 4) is 0 Å². The number of amides is 1. The number of benzene rings is 3. The van der Waals surface area contributed by atoms with Gasteiger partial charge in [-0.25, -0.2) is 0 Å².